The van der Waals surface area contributed by atoms with Crippen LogP contribution in [0.4, 0.5) is 5.69 Å². The summed E-state index contributed by atoms with van der Waals surface area (Å²) in [5, 5.41) is 12.5. The monoisotopic (exact) mass is 431 g/mol. The largest absolute Gasteiger partial charge is 0.484 e. The van der Waals surface area contributed by atoms with Crippen LogP contribution in [0.15, 0.2) is 42.5 Å². The lowest BCUT2D eigenvalue weighted by molar-refractivity contribution is -0.384. The van der Waals surface area contributed by atoms with E-state index in [1.807, 2.05) is 18.2 Å². The lowest BCUT2D eigenvalue weighted by Gasteiger charge is -2.31. The van der Waals surface area contributed by atoms with Crippen molar-refractivity contribution < 1.29 is 14.5 Å². The van der Waals surface area contributed by atoms with Crippen LogP contribution in [0.2, 0.25) is 5.02 Å². The third kappa shape index (κ3) is 4.49. The number of hydrogen-bond donors (Lipinski definition) is 0. The van der Waals surface area contributed by atoms with Gasteiger partial charge in [-0.25, -0.2) is 4.98 Å². The second-order valence-corrected chi connectivity index (χ2v) is 8.36. The first-order valence-electron chi connectivity index (χ1n) is 9.20. The van der Waals surface area contributed by atoms with Gasteiger partial charge in [-0.1, -0.05) is 11.6 Å². The summed E-state index contributed by atoms with van der Waals surface area (Å²) in [6, 6.07) is 11.5. The molecule has 0 unspecified atom stereocenters. The van der Waals surface area contributed by atoms with Gasteiger partial charge in [-0.05, 0) is 43.2 Å². The number of halogens is 1. The summed E-state index contributed by atoms with van der Waals surface area (Å²) in [6.45, 7) is 1.23. The number of amides is 1. The van der Waals surface area contributed by atoms with Gasteiger partial charge in [-0.3, -0.25) is 14.9 Å². The molecule has 1 amide bonds. The third-order valence-corrected chi connectivity index (χ3v) is 6.41. The van der Waals surface area contributed by atoms with E-state index in [4.69, 9.17) is 21.3 Å². The molecule has 1 aliphatic rings. The quantitative estimate of drug-likeness (QED) is 0.433. The molecule has 2 aromatic carbocycles. The predicted octanol–water partition coefficient (Wildman–Crippen LogP) is 4.64. The highest BCUT2D eigenvalue weighted by molar-refractivity contribution is 7.18. The number of fused-ring (bicyclic) bond motifs is 1. The fraction of sp³-hybridized carbons (Fsp3) is 0.300. The molecule has 3 aromatic rings. The summed E-state index contributed by atoms with van der Waals surface area (Å²) in [6.07, 6.45) is 1.72. The summed E-state index contributed by atoms with van der Waals surface area (Å²) >= 11 is 7.73. The number of likely N-dealkylation sites (tertiary alicyclic amines) is 1. The number of rotatable bonds is 5. The van der Waals surface area contributed by atoms with Gasteiger partial charge in [-0.15, -0.1) is 11.3 Å². The zero-order chi connectivity index (χ0) is 20.4. The molecule has 150 valence electrons. The number of nitro groups is 1. The maximum atomic E-state index is 12.4. The van der Waals surface area contributed by atoms with Crippen molar-refractivity contribution >= 4 is 44.7 Å². The molecular weight excluding hydrogens is 414 g/mol. The Kier molecular flexibility index (Phi) is 5.64. The van der Waals surface area contributed by atoms with Crippen LogP contribution in [0.5, 0.6) is 5.75 Å². The second-order valence-electron chi connectivity index (χ2n) is 6.86. The second kappa shape index (κ2) is 8.34. The van der Waals surface area contributed by atoms with Gasteiger partial charge in [0.1, 0.15) is 5.75 Å². The number of benzene rings is 2. The third-order valence-electron chi connectivity index (χ3n) is 4.97. The van der Waals surface area contributed by atoms with Crippen molar-refractivity contribution in [2.75, 3.05) is 19.7 Å². The van der Waals surface area contributed by atoms with E-state index in [1.165, 1.54) is 24.3 Å². The van der Waals surface area contributed by atoms with Crippen LogP contribution in [-0.4, -0.2) is 40.4 Å². The number of nitro benzene ring substituents is 1. The molecule has 0 N–H and O–H groups in total. The fourth-order valence-corrected chi connectivity index (χ4v) is 4.65. The summed E-state index contributed by atoms with van der Waals surface area (Å²) in [5.41, 5.74) is 0.912. The maximum absolute atomic E-state index is 12.4. The average molecular weight is 432 g/mol. The van der Waals surface area contributed by atoms with Crippen molar-refractivity contribution in [1.82, 2.24) is 9.88 Å². The molecule has 2 heterocycles. The zero-order valence-corrected chi connectivity index (χ0v) is 17.0. The van der Waals surface area contributed by atoms with E-state index < -0.39 is 4.92 Å². The normalized spacial score (nSPS) is 14.9. The molecule has 0 spiro atoms. The van der Waals surface area contributed by atoms with Crippen molar-refractivity contribution in [2.45, 2.75) is 18.8 Å². The molecule has 1 saturated heterocycles. The molecule has 29 heavy (non-hydrogen) atoms. The van der Waals surface area contributed by atoms with Crippen molar-refractivity contribution in [3.63, 3.8) is 0 Å². The highest BCUT2D eigenvalue weighted by Gasteiger charge is 2.26. The predicted molar refractivity (Wildman–Crippen MR) is 112 cm³/mol. The first kappa shape index (κ1) is 19.6. The van der Waals surface area contributed by atoms with Gasteiger partial charge in [0.2, 0.25) is 0 Å². The van der Waals surface area contributed by atoms with Gasteiger partial charge in [-0.2, -0.15) is 0 Å². The lowest BCUT2D eigenvalue weighted by atomic mass is 9.97. The lowest BCUT2D eigenvalue weighted by Crippen LogP contribution is -2.40. The number of nitrogens with zero attached hydrogens (tertiary/aromatic N) is 3. The highest BCUT2D eigenvalue weighted by atomic mass is 35.5. The Hall–Kier alpha value is -2.71. The van der Waals surface area contributed by atoms with Gasteiger partial charge >= 0.3 is 0 Å². The number of aromatic nitrogens is 1. The molecule has 0 bridgehead atoms. The van der Waals surface area contributed by atoms with E-state index in [-0.39, 0.29) is 18.2 Å². The van der Waals surface area contributed by atoms with E-state index in [0.717, 1.165) is 28.1 Å². The van der Waals surface area contributed by atoms with Gasteiger partial charge in [0, 0.05) is 36.2 Å². The Balaban J connectivity index is 1.30. The minimum Gasteiger partial charge on any atom is -0.484 e. The van der Waals surface area contributed by atoms with E-state index in [0.29, 0.717) is 29.8 Å². The SMILES string of the molecule is O=C(COc1ccc([N+](=O)[O-])cc1)N1CCC(c2nc3cc(Cl)ccc3s2)CC1. The maximum Gasteiger partial charge on any atom is 0.269 e. The number of piperidine rings is 1. The Morgan fingerprint density at radius 1 is 1.24 bits per heavy atom. The van der Waals surface area contributed by atoms with Crippen LogP contribution in [0.3, 0.4) is 0 Å². The molecule has 0 saturated carbocycles. The summed E-state index contributed by atoms with van der Waals surface area (Å²) < 4.78 is 6.61. The number of carbonyl (C=O) groups excluding carboxylic acids is 1. The van der Waals surface area contributed by atoms with Crippen LogP contribution in [-0.2, 0) is 4.79 Å². The molecular formula is C20H18ClN3O4S. The Bertz CT molecular complexity index is 1050. The molecule has 1 fully saturated rings. The van der Waals surface area contributed by atoms with E-state index >= 15 is 0 Å². The van der Waals surface area contributed by atoms with Crippen LogP contribution in [0.1, 0.15) is 23.8 Å². The average Bonchev–Trinajstić information content (AvgIpc) is 3.15. The summed E-state index contributed by atoms with van der Waals surface area (Å²) in [7, 11) is 0. The van der Waals surface area contributed by atoms with Crippen LogP contribution in [0.25, 0.3) is 10.2 Å². The van der Waals surface area contributed by atoms with Crippen LogP contribution in [0, 0.1) is 10.1 Å². The number of ether oxygens (including phenoxy) is 1. The summed E-state index contributed by atoms with van der Waals surface area (Å²) in [5.74, 6) is 0.690. The molecule has 0 radical (unpaired) electrons. The standard InChI is InChI=1S/C20H18ClN3O4S/c21-14-1-6-18-17(11-14)22-20(29-18)13-7-9-23(10-8-13)19(25)12-28-16-4-2-15(3-5-16)24(26)27/h1-6,11,13H,7-10,12H2. The molecule has 9 heteroatoms. The number of hydrogen-bond acceptors (Lipinski definition) is 6. The molecule has 0 atom stereocenters. The van der Waals surface area contributed by atoms with E-state index in [9.17, 15) is 14.9 Å². The van der Waals surface area contributed by atoms with Crippen molar-refractivity contribution in [3.05, 3.63) is 62.6 Å². The molecule has 7 nitrogen and oxygen atoms in total. The van der Waals surface area contributed by atoms with Crippen molar-refractivity contribution in [3.8, 4) is 5.75 Å². The highest BCUT2D eigenvalue weighted by Crippen LogP contribution is 2.34. The number of thiazole rings is 1. The molecule has 0 aliphatic carbocycles. The Labute approximate surface area is 176 Å². The van der Waals surface area contributed by atoms with Gasteiger partial charge < -0.3 is 9.64 Å². The first-order chi connectivity index (χ1) is 14.0. The van der Waals surface area contributed by atoms with E-state index in [1.54, 1.807) is 16.2 Å². The fourth-order valence-electron chi connectivity index (χ4n) is 3.37. The minimum atomic E-state index is -0.473. The van der Waals surface area contributed by atoms with Crippen molar-refractivity contribution in [1.29, 1.82) is 0 Å². The van der Waals surface area contributed by atoms with Crippen LogP contribution >= 0.6 is 22.9 Å². The van der Waals surface area contributed by atoms with Gasteiger partial charge in [0.25, 0.3) is 11.6 Å². The topological polar surface area (TPSA) is 85.6 Å². The smallest absolute Gasteiger partial charge is 0.269 e. The van der Waals surface area contributed by atoms with Crippen molar-refractivity contribution in [2.24, 2.45) is 0 Å². The minimum absolute atomic E-state index is 0.0112. The number of carbonyl (C=O) groups is 1. The first-order valence-corrected chi connectivity index (χ1v) is 10.4. The molecule has 1 aliphatic heterocycles. The Morgan fingerprint density at radius 2 is 1.97 bits per heavy atom. The van der Waals surface area contributed by atoms with Gasteiger partial charge in [0.15, 0.2) is 6.61 Å². The van der Waals surface area contributed by atoms with Gasteiger partial charge in [0.05, 0.1) is 20.1 Å². The molecule has 4 rings (SSSR count). The number of non-ortho nitro benzene ring substituents is 1. The van der Waals surface area contributed by atoms with E-state index in [2.05, 4.69) is 0 Å². The zero-order valence-electron chi connectivity index (χ0n) is 15.4. The Morgan fingerprint density at radius 3 is 2.66 bits per heavy atom. The van der Waals surface area contributed by atoms with Crippen LogP contribution < -0.4 is 4.74 Å². The summed E-state index contributed by atoms with van der Waals surface area (Å²) in [4.78, 5) is 29.2. The molecule has 1 aromatic heterocycles.